The number of aryl methyl sites for hydroxylation is 2. The van der Waals surface area contributed by atoms with Gasteiger partial charge in [-0.2, -0.15) is 5.10 Å². The summed E-state index contributed by atoms with van der Waals surface area (Å²) in [4.78, 5) is 38.2. The van der Waals surface area contributed by atoms with Crippen LogP contribution in [-0.2, 0) is 28.0 Å². The first-order chi connectivity index (χ1) is 12.3. The average molecular weight is 355 g/mol. The number of aromatic nitrogens is 2. The van der Waals surface area contributed by atoms with Crippen LogP contribution < -0.4 is 15.5 Å². The van der Waals surface area contributed by atoms with Crippen molar-refractivity contribution in [3.05, 3.63) is 46.8 Å². The second-order valence-corrected chi connectivity index (χ2v) is 6.32. The van der Waals surface area contributed by atoms with Crippen molar-refractivity contribution >= 4 is 23.4 Å². The molecule has 0 aliphatic carbocycles. The molecule has 1 aromatic carbocycles. The Labute approximate surface area is 151 Å². The number of hydrogen-bond donors (Lipinski definition) is 2. The lowest BCUT2D eigenvalue weighted by Crippen LogP contribution is -2.44. The third-order valence-corrected chi connectivity index (χ3v) is 4.75. The highest BCUT2D eigenvalue weighted by molar-refractivity contribution is 6.35. The van der Waals surface area contributed by atoms with Gasteiger partial charge < -0.3 is 15.5 Å². The van der Waals surface area contributed by atoms with Gasteiger partial charge in [-0.15, -0.1) is 0 Å². The molecule has 3 rings (SSSR count). The predicted molar refractivity (Wildman–Crippen MR) is 95.3 cm³/mol. The molecule has 136 valence electrons. The molecule has 2 heterocycles. The van der Waals surface area contributed by atoms with E-state index >= 15 is 0 Å². The number of carbonyl (C=O) groups is 3. The van der Waals surface area contributed by atoms with Crippen LogP contribution in [0.15, 0.2) is 24.3 Å². The molecular formula is C18H21N5O3. The van der Waals surface area contributed by atoms with Crippen LogP contribution in [0.1, 0.15) is 28.6 Å². The lowest BCUT2D eigenvalue weighted by Gasteiger charge is -2.13. The summed E-state index contributed by atoms with van der Waals surface area (Å²) >= 11 is 0. The third kappa shape index (κ3) is 2.94. The minimum absolute atomic E-state index is 0.201. The number of nitrogens with zero attached hydrogens (tertiary/aromatic N) is 3. The van der Waals surface area contributed by atoms with Gasteiger partial charge in [-0.3, -0.25) is 19.1 Å². The molecule has 8 nitrogen and oxygen atoms in total. The Bertz CT molecular complexity index is 902. The topological polar surface area (TPSA) is 96.3 Å². The summed E-state index contributed by atoms with van der Waals surface area (Å²) in [6.07, 6.45) is 0. The van der Waals surface area contributed by atoms with Gasteiger partial charge in [0.25, 0.3) is 5.91 Å². The van der Waals surface area contributed by atoms with Crippen LogP contribution in [0, 0.1) is 13.8 Å². The van der Waals surface area contributed by atoms with Crippen LogP contribution >= 0.6 is 0 Å². The summed E-state index contributed by atoms with van der Waals surface area (Å²) in [6.45, 7) is 3.94. The Kier molecular flexibility index (Phi) is 4.50. The van der Waals surface area contributed by atoms with Crippen molar-refractivity contribution in [2.24, 2.45) is 7.05 Å². The van der Waals surface area contributed by atoms with E-state index in [1.807, 2.05) is 27.0 Å². The molecule has 1 atom stereocenters. The van der Waals surface area contributed by atoms with Gasteiger partial charge in [0.15, 0.2) is 0 Å². The molecule has 0 radical (unpaired) electrons. The number of likely N-dealkylation sites (N-methyl/N-ethyl adjacent to an activating group) is 1. The van der Waals surface area contributed by atoms with Gasteiger partial charge in [0, 0.05) is 43.1 Å². The molecule has 0 saturated carbocycles. The number of para-hydroxylation sites is 1. The number of hydrogen-bond acceptors (Lipinski definition) is 4. The monoisotopic (exact) mass is 355 g/mol. The van der Waals surface area contributed by atoms with Gasteiger partial charge in [0.1, 0.15) is 6.04 Å². The normalized spacial score (nSPS) is 15.8. The summed E-state index contributed by atoms with van der Waals surface area (Å²) < 4.78 is 1.72. The highest BCUT2D eigenvalue weighted by atomic mass is 16.2. The van der Waals surface area contributed by atoms with Crippen LogP contribution in [0.4, 0.5) is 5.69 Å². The zero-order valence-electron chi connectivity index (χ0n) is 15.2. The minimum atomic E-state index is -0.851. The van der Waals surface area contributed by atoms with Crippen molar-refractivity contribution in [1.29, 1.82) is 0 Å². The molecule has 0 bridgehead atoms. The van der Waals surface area contributed by atoms with Gasteiger partial charge in [-0.05, 0) is 19.9 Å². The van der Waals surface area contributed by atoms with Crippen molar-refractivity contribution in [3.63, 3.8) is 0 Å². The largest absolute Gasteiger partial charge is 0.344 e. The zero-order chi connectivity index (χ0) is 19.0. The Hall–Kier alpha value is -3.16. The molecule has 1 aliphatic heterocycles. The fourth-order valence-corrected chi connectivity index (χ4v) is 3.14. The Balaban J connectivity index is 1.67. The number of anilines is 1. The van der Waals surface area contributed by atoms with E-state index in [1.54, 1.807) is 29.9 Å². The fourth-order valence-electron chi connectivity index (χ4n) is 3.14. The fraction of sp³-hybridized carbons (Fsp3) is 0.333. The number of nitrogens with one attached hydrogen (secondary N) is 2. The predicted octanol–water partition coefficient (Wildman–Crippen LogP) is 0.487. The minimum Gasteiger partial charge on any atom is -0.344 e. The summed E-state index contributed by atoms with van der Waals surface area (Å²) in [7, 11) is 3.46. The van der Waals surface area contributed by atoms with E-state index in [1.165, 1.54) is 4.90 Å². The Morgan fingerprint density at radius 1 is 1.15 bits per heavy atom. The number of rotatable bonds is 3. The number of amides is 3. The maximum atomic E-state index is 12.4. The van der Waals surface area contributed by atoms with E-state index in [2.05, 4.69) is 15.7 Å². The van der Waals surface area contributed by atoms with Crippen LogP contribution in [-0.4, -0.2) is 34.5 Å². The second-order valence-electron chi connectivity index (χ2n) is 6.32. The van der Waals surface area contributed by atoms with Gasteiger partial charge >= 0.3 is 11.8 Å². The highest BCUT2D eigenvalue weighted by Gasteiger charge is 2.36. The highest BCUT2D eigenvalue weighted by Crippen LogP contribution is 2.34. The van der Waals surface area contributed by atoms with Gasteiger partial charge in [0.2, 0.25) is 0 Å². The Morgan fingerprint density at radius 2 is 1.85 bits per heavy atom. The third-order valence-electron chi connectivity index (χ3n) is 4.75. The van der Waals surface area contributed by atoms with Crippen LogP contribution in [0.25, 0.3) is 0 Å². The SMILES string of the molecule is Cc1nn(C)c(C)c1CNC(=O)C(=O)N[C@@H]1C(=O)N(C)c2ccccc21. The molecule has 1 aliphatic rings. The van der Waals surface area contributed by atoms with Gasteiger partial charge in [-0.1, -0.05) is 18.2 Å². The molecule has 8 heteroatoms. The molecule has 0 spiro atoms. The van der Waals surface area contributed by atoms with Crippen molar-refractivity contribution < 1.29 is 14.4 Å². The molecule has 1 aromatic heterocycles. The van der Waals surface area contributed by atoms with E-state index in [4.69, 9.17) is 0 Å². The first kappa shape index (κ1) is 17.7. The summed E-state index contributed by atoms with van der Waals surface area (Å²) in [5, 5.41) is 9.39. The van der Waals surface area contributed by atoms with Crippen molar-refractivity contribution in [3.8, 4) is 0 Å². The number of benzene rings is 1. The summed E-state index contributed by atoms with van der Waals surface area (Å²) in [5.74, 6) is -1.90. The molecule has 0 fully saturated rings. The number of fused-ring (bicyclic) bond motifs is 1. The van der Waals surface area contributed by atoms with Crippen LogP contribution in [0.5, 0.6) is 0 Å². The first-order valence-corrected chi connectivity index (χ1v) is 8.25. The lowest BCUT2D eigenvalue weighted by molar-refractivity contribution is -0.140. The van der Waals surface area contributed by atoms with Crippen molar-refractivity contribution in [1.82, 2.24) is 20.4 Å². The average Bonchev–Trinajstić information content (AvgIpc) is 3.01. The van der Waals surface area contributed by atoms with E-state index in [0.717, 1.165) is 22.6 Å². The van der Waals surface area contributed by atoms with E-state index in [0.29, 0.717) is 5.56 Å². The van der Waals surface area contributed by atoms with Crippen LogP contribution in [0.3, 0.4) is 0 Å². The summed E-state index contributed by atoms with van der Waals surface area (Å²) in [6, 6.07) is 6.32. The molecule has 26 heavy (non-hydrogen) atoms. The zero-order valence-corrected chi connectivity index (χ0v) is 15.2. The molecule has 2 aromatic rings. The van der Waals surface area contributed by atoms with Crippen molar-refractivity contribution in [2.45, 2.75) is 26.4 Å². The van der Waals surface area contributed by atoms with E-state index < -0.39 is 17.9 Å². The van der Waals surface area contributed by atoms with Crippen molar-refractivity contribution in [2.75, 3.05) is 11.9 Å². The first-order valence-electron chi connectivity index (χ1n) is 8.25. The Morgan fingerprint density at radius 3 is 2.50 bits per heavy atom. The second kappa shape index (κ2) is 6.62. The summed E-state index contributed by atoms with van der Waals surface area (Å²) in [5.41, 5.74) is 4.00. The maximum Gasteiger partial charge on any atom is 0.310 e. The van der Waals surface area contributed by atoms with E-state index in [9.17, 15) is 14.4 Å². The van der Waals surface area contributed by atoms with E-state index in [-0.39, 0.29) is 12.5 Å². The quantitative estimate of drug-likeness (QED) is 0.783. The van der Waals surface area contributed by atoms with Crippen LogP contribution in [0.2, 0.25) is 0 Å². The molecular weight excluding hydrogens is 334 g/mol. The maximum absolute atomic E-state index is 12.4. The molecule has 2 N–H and O–H groups in total. The van der Waals surface area contributed by atoms with Gasteiger partial charge in [0.05, 0.1) is 5.69 Å². The standard InChI is InChI=1S/C18H21N5O3/c1-10-13(11(2)23(4)21-10)9-19-16(24)17(25)20-15-12-7-5-6-8-14(12)22(3)18(15)26/h5-8,15H,9H2,1-4H3,(H,19,24)(H,20,25)/t15-/m0/s1. The molecule has 0 saturated heterocycles. The smallest absolute Gasteiger partial charge is 0.310 e. The molecule has 0 unspecified atom stereocenters. The van der Waals surface area contributed by atoms with Gasteiger partial charge in [-0.25, -0.2) is 0 Å². The molecule has 3 amide bonds. The lowest BCUT2D eigenvalue weighted by atomic mass is 10.1. The number of carbonyl (C=O) groups excluding carboxylic acids is 3.